The van der Waals surface area contributed by atoms with Crippen molar-refractivity contribution in [3.05, 3.63) is 88.5 Å². The van der Waals surface area contributed by atoms with E-state index in [0.717, 1.165) is 12.3 Å². The summed E-state index contributed by atoms with van der Waals surface area (Å²) in [5.41, 5.74) is 9.78. The van der Waals surface area contributed by atoms with Gasteiger partial charge in [-0.2, -0.15) is 0 Å². The van der Waals surface area contributed by atoms with E-state index < -0.39 is 0 Å². The van der Waals surface area contributed by atoms with Gasteiger partial charge in [0.05, 0.1) is 0 Å². The van der Waals surface area contributed by atoms with Crippen LogP contribution in [-0.4, -0.2) is 0 Å². The van der Waals surface area contributed by atoms with Crippen molar-refractivity contribution in [2.24, 2.45) is 5.92 Å². The Bertz CT molecular complexity index is 890. The van der Waals surface area contributed by atoms with E-state index in [2.05, 4.69) is 87.5 Å². The Morgan fingerprint density at radius 2 is 1.92 bits per heavy atom. The van der Waals surface area contributed by atoms with Crippen LogP contribution < -0.4 is 0 Å². The fourth-order valence-electron chi connectivity index (χ4n) is 4.10. The molecule has 2 aliphatic carbocycles. The lowest BCUT2D eigenvalue weighted by Crippen LogP contribution is -1.99. The van der Waals surface area contributed by atoms with E-state index in [1.165, 1.54) is 45.4 Å². The first-order valence-electron chi connectivity index (χ1n) is 9.41. The highest BCUT2D eigenvalue weighted by atomic mass is 14.2. The summed E-state index contributed by atoms with van der Waals surface area (Å²) in [6.07, 6.45) is 11.7. The van der Waals surface area contributed by atoms with Gasteiger partial charge in [0.1, 0.15) is 0 Å². The maximum Gasteiger partial charge on any atom is 0.00296 e. The van der Waals surface area contributed by atoms with Crippen LogP contribution in [0.2, 0.25) is 0 Å². The molecule has 0 N–H and O–H groups in total. The average Bonchev–Trinajstić information content (AvgIpc) is 3.22. The van der Waals surface area contributed by atoms with Crippen molar-refractivity contribution in [2.75, 3.05) is 0 Å². The molecule has 2 aromatic carbocycles. The van der Waals surface area contributed by atoms with Gasteiger partial charge in [-0.25, -0.2) is 0 Å². The van der Waals surface area contributed by atoms with Crippen LogP contribution in [0.1, 0.15) is 60.4 Å². The van der Waals surface area contributed by atoms with E-state index in [1.807, 2.05) is 0 Å². The monoisotopic (exact) mass is 326 g/mol. The molecule has 0 aliphatic heterocycles. The minimum atomic E-state index is 0.599. The molecule has 0 radical (unpaired) electrons. The topological polar surface area (TPSA) is 0 Å². The van der Waals surface area contributed by atoms with E-state index in [1.54, 1.807) is 0 Å². The van der Waals surface area contributed by atoms with Crippen molar-refractivity contribution in [3.8, 4) is 0 Å². The quantitative estimate of drug-likeness (QED) is 0.566. The van der Waals surface area contributed by atoms with Gasteiger partial charge < -0.3 is 0 Å². The van der Waals surface area contributed by atoms with E-state index >= 15 is 0 Å². The number of hydrogen-bond acceptors (Lipinski definition) is 0. The van der Waals surface area contributed by atoms with Crippen molar-refractivity contribution < 1.29 is 0 Å². The molecular weight excluding hydrogens is 300 g/mol. The molecule has 2 aromatic rings. The van der Waals surface area contributed by atoms with Gasteiger partial charge in [0.25, 0.3) is 0 Å². The van der Waals surface area contributed by atoms with Crippen LogP contribution in [0.3, 0.4) is 0 Å². The number of aryl methyl sites for hydroxylation is 1. The molecule has 0 heteroatoms. The Hall–Kier alpha value is -2.34. The SMILES string of the molecule is Cc1ccccc1C1=CCC(c2ccc3c(c2)C=CC3CC(C)C)=C1. The van der Waals surface area contributed by atoms with Gasteiger partial charge in [0, 0.05) is 5.92 Å². The van der Waals surface area contributed by atoms with Gasteiger partial charge in [-0.3, -0.25) is 0 Å². The molecule has 0 heterocycles. The van der Waals surface area contributed by atoms with Crippen molar-refractivity contribution >= 4 is 17.2 Å². The molecule has 4 rings (SSSR count). The largest absolute Gasteiger partial charge is 0.0764 e. The number of benzene rings is 2. The van der Waals surface area contributed by atoms with E-state index in [-0.39, 0.29) is 0 Å². The second-order valence-electron chi connectivity index (χ2n) is 7.79. The second kappa shape index (κ2) is 6.52. The first-order chi connectivity index (χ1) is 12.1. The summed E-state index contributed by atoms with van der Waals surface area (Å²) in [6, 6.07) is 15.7. The van der Waals surface area contributed by atoms with Crippen LogP contribution in [0, 0.1) is 12.8 Å². The molecule has 0 saturated carbocycles. The lowest BCUT2D eigenvalue weighted by molar-refractivity contribution is 0.553. The van der Waals surface area contributed by atoms with E-state index in [4.69, 9.17) is 0 Å². The summed E-state index contributed by atoms with van der Waals surface area (Å²) in [5, 5.41) is 0. The summed E-state index contributed by atoms with van der Waals surface area (Å²) >= 11 is 0. The van der Waals surface area contributed by atoms with Gasteiger partial charge in [0.2, 0.25) is 0 Å². The molecule has 0 bridgehead atoms. The van der Waals surface area contributed by atoms with Gasteiger partial charge in [-0.1, -0.05) is 74.5 Å². The maximum absolute atomic E-state index is 2.38. The van der Waals surface area contributed by atoms with E-state index in [9.17, 15) is 0 Å². The van der Waals surface area contributed by atoms with Crippen LogP contribution >= 0.6 is 0 Å². The molecule has 0 aromatic heterocycles. The average molecular weight is 326 g/mol. The molecular formula is C25H26. The van der Waals surface area contributed by atoms with Gasteiger partial charge in [0.15, 0.2) is 0 Å². The van der Waals surface area contributed by atoms with Crippen LogP contribution in [0.15, 0.2) is 60.7 Å². The highest BCUT2D eigenvalue weighted by Crippen LogP contribution is 2.38. The lowest BCUT2D eigenvalue weighted by Gasteiger charge is -2.14. The van der Waals surface area contributed by atoms with Crippen molar-refractivity contribution in [1.29, 1.82) is 0 Å². The molecule has 0 amide bonds. The molecule has 0 saturated heterocycles. The smallest absolute Gasteiger partial charge is 0.00296 e. The molecule has 1 atom stereocenters. The molecule has 0 spiro atoms. The van der Waals surface area contributed by atoms with Crippen LogP contribution in [0.5, 0.6) is 0 Å². The normalized spacial score (nSPS) is 18.5. The van der Waals surface area contributed by atoms with Crippen molar-refractivity contribution in [3.63, 3.8) is 0 Å². The summed E-state index contributed by atoms with van der Waals surface area (Å²) in [6.45, 7) is 6.81. The van der Waals surface area contributed by atoms with Gasteiger partial charge in [-0.05, 0) is 70.7 Å². The predicted molar refractivity (Wildman–Crippen MR) is 109 cm³/mol. The number of allylic oxidation sites excluding steroid dienone is 5. The predicted octanol–water partition coefficient (Wildman–Crippen LogP) is 7.02. The zero-order valence-corrected chi connectivity index (χ0v) is 15.4. The number of hydrogen-bond donors (Lipinski definition) is 0. The standard InChI is InChI=1S/C25H26/c1-17(2)14-21-10-11-23-16-20(12-13-25(21)23)19-8-9-22(15-19)24-7-5-4-6-18(24)3/h4-7,9-13,15-17,21H,8,14H2,1-3H3. The van der Waals surface area contributed by atoms with Crippen molar-refractivity contribution in [2.45, 2.75) is 39.5 Å². The molecule has 2 aliphatic rings. The fourth-order valence-corrected chi connectivity index (χ4v) is 4.10. The van der Waals surface area contributed by atoms with E-state index in [0.29, 0.717) is 5.92 Å². The second-order valence-corrected chi connectivity index (χ2v) is 7.79. The number of rotatable bonds is 4. The maximum atomic E-state index is 2.38. The first-order valence-corrected chi connectivity index (χ1v) is 9.41. The zero-order valence-electron chi connectivity index (χ0n) is 15.4. The fraction of sp³-hybridized carbons (Fsp3) is 0.280. The third-order valence-electron chi connectivity index (χ3n) is 5.42. The summed E-state index contributed by atoms with van der Waals surface area (Å²) < 4.78 is 0. The zero-order chi connectivity index (χ0) is 17.4. The molecule has 25 heavy (non-hydrogen) atoms. The van der Waals surface area contributed by atoms with Gasteiger partial charge >= 0.3 is 0 Å². The van der Waals surface area contributed by atoms with Crippen molar-refractivity contribution in [1.82, 2.24) is 0 Å². The summed E-state index contributed by atoms with van der Waals surface area (Å²) in [4.78, 5) is 0. The Kier molecular flexibility index (Phi) is 4.21. The molecule has 0 fully saturated rings. The highest BCUT2D eigenvalue weighted by molar-refractivity contribution is 5.90. The van der Waals surface area contributed by atoms with Crippen LogP contribution in [0.25, 0.3) is 17.2 Å². The third kappa shape index (κ3) is 3.14. The molecule has 126 valence electrons. The Morgan fingerprint density at radius 1 is 1.08 bits per heavy atom. The first kappa shape index (κ1) is 16.1. The third-order valence-corrected chi connectivity index (χ3v) is 5.42. The minimum Gasteiger partial charge on any atom is -0.0764 e. The highest BCUT2D eigenvalue weighted by Gasteiger charge is 2.20. The Morgan fingerprint density at radius 3 is 2.72 bits per heavy atom. The lowest BCUT2D eigenvalue weighted by atomic mass is 9.90. The minimum absolute atomic E-state index is 0.599. The van der Waals surface area contributed by atoms with Crippen LogP contribution in [0.4, 0.5) is 0 Å². The summed E-state index contributed by atoms with van der Waals surface area (Å²) in [5.74, 6) is 1.33. The molecule has 0 nitrogen and oxygen atoms in total. The molecule has 1 unspecified atom stereocenters. The summed E-state index contributed by atoms with van der Waals surface area (Å²) in [7, 11) is 0. The number of fused-ring (bicyclic) bond motifs is 1. The Balaban J connectivity index is 1.60. The Labute approximate surface area is 151 Å². The van der Waals surface area contributed by atoms with Gasteiger partial charge in [-0.15, -0.1) is 0 Å². The van der Waals surface area contributed by atoms with Crippen LogP contribution in [-0.2, 0) is 0 Å².